The third-order valence-electron chi connectivity index (χ3n) is 5.70. The van der Waals surface area contributed by atoms with Crippen molar-refractivity contribution in [3.63, 3.8) is 0 Å². The molecule has 10 heteroatoms. The highest BCUT2D eigenvalue weighted by atomic mass is 19.1. The summed E-state index contributed by atoms with van der Waals surface area (Å²) in [6.07, 6.45) is 2.76. The number of hydrogen-bond donors (Lipinski definition) is 2. The first-order valence-corrected chi connectivity index (χ1v) is 10.7. The van der Waals surface area contributed by atoms with E-state index < -0.39 is 11.6 Å². The number of fused-ring (bicyclic) bond motifs is 1. The Balaban J connectivity index is 1.82. The number of hydrogen-bond acceptors (Lipinski definition) is 6. The summed E-state index contributed by atoms with van der Waals surface area (Å²) in [6, 6.07) is 0. The lowest BCUT2D eigenvalue weighted by Gasteiger charge is -2.26. The van der Waals surface area contributed by atoms with Gasteiger partial charge in [-0.05, 0) is 48.5 Å². The number of halogens is 2. The van der Waals surface area contributed by atoms with E-state index in [4.69, 9.17) is 5.73 Å². The highest BCUT2D eigenvalue weighted by molar-refractivity contribution is 5.78. The monoisotopic (exact) mass is 454 g/mol. The maximum Gasteiger partial charge on any atom is 0.165 e. The predicted octanol–water partition coefficient (Wildman–Crippen LogP) is 4.45. The van der Waals surface area contributed by atoms with Crippen molar-refractivity contribution in [2.45, 2.75) is 60.5 Å². The van der Waals surface area contributed by atoms with Crippen molar-refractivity contribution in [3.8, 4) is 11.3 Å². The third kappa shape index (κ3) is 3.69. The van der Waals surface area contributed by atoms with Crippen LogP contribution in [0.1, 0.15) is 49.2 Å². The zero-order valence-electron chi connectivity index (χ0n) is 19.9. The van der Waals surface area contributed by atoms with E-state index in [9.17, 15) is 4.39 Å². The van der Waals surface area contributed by atoms with Gasteiger partial charge in [-0.2, -0.15) is 0 Å². The molecule has 0 unspecified atom stereocenters. The van der Waals surface area contributed by atoms with Crippen LogP contribution in [0.2, 0.25) is 0 Å². The van der Waals surface area contributed by atoms with Crippen LogP contribution >= 0.6 is 0 Å². The molecule has 0 amide bonds. The minimum absolute atomic E-state index is 0.201. The van der Waals surface area contributed by atoms with Crippen LogP contribution in [0.3, 0.4) is 0 Å². The molecule has 0 radical (unpaired) electrons. The van der Waals surface area contributed by atoms with Crippen LogP contribution in [0.25, 0.3) is 16.9 Å². The lowest BCUT2D eigenvalue weighted by Crippen LogP contribution is -2.24. The molecule has 0 saturated carbocycles. The smallest absolute Gasteiger partial charge is 0.165 e. The molecule has 0 fully saturated rings. The highest BCUT2D eigenvalue weighted by Gasteiger charge is 2.27. The van der Waals surface area contributed by atoms with Crippen LogP contribution in [0.4, 0.5) is 20.3 Å². The van der Waals surface area contributed by atoms with Crippen LogP contribution in [0, 0.1) is 39.3 Å². The number of anilines is 2. The van der Waals surface area contributed by atoms with Gasteiger partial charge in [0.15, 0.2) is 23.1 Å². The summed E-state index contributed by atoms with van der Waals surface area (Å²) in [6.45, 7) is 13.3. The van der Waals surface area contributed by atoms with Gasteiger partial charge in [0.05, 0.1) is 52.0 Å². The molecule has 0 spiro atoms. The molecule has 4 aromatic heterocycles. The quantitative estimate of drug-likeness (QED) is 0.473. The van der Waals surface area contributed by atoms with E-state index in [1.54, 1.807) is 20.0 Å². The summed E-state index contributed by atoms with van der Waals surface area (Å²) < 4.78 is 32.9. The van der Waals surface area contributed by atoms with Gasteiger partial charge in [-0.15, -0.1) is 5.10 Å². The van der Waals surface area contributed by atoms with Gasteiger partial charge in [0.25, 0.3) is 0 Å². The fourth-order valence-corrected chi connectivity index (χ4v) is 4.31. The van der Waals surface area contributed by atoms with Crippen LogP contribution < -0.4 is 11.1 Å². The Bertz CT molecular complexity index is 1380. The van der Waals surface area contributed by atoms with Crippen molar-refractivity contribution in [2.24, 2.45) is 0 Å². The predicted molar refractivity (Wildman–Crippen MR) is 124 cm³/mol. The molecular weight excluding hydrogens is 426 g/mol. The van der Waals surface area contributed by atoms with Crippen LogP contribution in [0.5, 0.6) is 0 Å². The van der Waals surface area contributed by atoms with Crippen molar-refractivity contribution in [3.05, 3.63) is 52.5 Å². The van der Waals surface area contributed by atoms with Crippen molar-refractivity contribution in [1.29, 1.82) is 0 Å². The number of aryl methyl sites for hydroxylation is 4. The number of nitrogens with two attached hydrogens (primary N) is 1. The summed E-state index contributed by atoms with van der Waals surface area (Å²) >= 11 is 0. The standard InChI is InChI=1S/C23H28F2N8/c1-11-19(25)13(3)33-22(30-11)15(21(26)31-33)8-28-17-10-27-9-16(24)18(17)20-12(2)29-14(4)32(20)23(5,6)7/h9-10,28H,8H2,1-7H3,(H2,26,31). The molecule has 174 valence electrons. The number of rotatable bonds is 4. The topological polar surface area (TPSA) is 99.0 Å². The molecule has 3 N–H and O–H groups in total. The lowest BCUT2D eigenvalue weighted by molar-refractivity contribution is 0.391. The molecule has 0 aliphatic rings. The van der Waals surface area contributed by atoms with Gasteiger partial charge in [-0.25, -0.2) is 23.3 Å². The fraction of sp³-hybridized carbons (Fsp3) is 0.391. The molecule has 33 heavy (non-hydrogen) atoms. The summed E-state index contributed by atoms with van der Waals surface area (Å²) in [7, 11) is 0. The summed E-state index contributed by atoms with van der Waals surface area (Å²) in [5.41, 5.74) is 9.70. The molecule has 0 saturated heterocycles. The van der Waals surface area contributed by atoms with Crippen molar-refractivity contribution in [2.75, 3.05) is 11.1 Å². The zero-order chi connectivity index (χ0) is 24.2. The van der Waals surface area contributed by atoms with E-state index in [-0.39, 0.29) is 23.6 Å². The Hall–Kier alpha value is -3.56. The number of nitrogens with zero attached hydrogens (tertiary/aromatic N) is 6. The molecule has 0 aliphatic heterocycles. The highest BCUT2D eigenvalue weighted by Crippen LogP contribution is 2.37. The molecule has 4 aromatic rings. The molecule has 8 nitrogen and oxygen atoms in total. The second-order valence-corrected chi connectivity index (χ2v) is 9.19. The Labute approximate surface area is 190 Å². The third-order valence-corrected chi connectivity index (χ3v) is 5.70. The van der Waals surface area contributed by atoms with Crippen molar-refractivity contribution < 1.29 is 8.78 Å². The molecule has 4 heterocycles. The van der Waals surface area contributed by atoms with E-state index >= 15 is 4.39 Å². The number of nitrogen functional groups attached to an aromatic ring is 1. The zero-order valence-corrected chi connectivity index (χ0v) is 19.9. The molecular formula is C23H28F2N8. The van der Waals surface area contributed by atoms with Gasteiger partial charge in [0, 0.05) is 12.1 Å². The average molecular weight is 455 g/mol. The van der Waals surface area contributed by atoms with Gasteiger partial charge < -0.3 is 15.6 Å². The molecule has 0 bridgehead atoms. The van der Waals surface area contributed by atoms with Gasteiger partial charge in [-0.1, -0.05) is 0 Å². The summed E-state index contributed by atoms with van der Waals surface area (Å²) in [4.78, 5) is 13.0. The molecule has 0 atom stereocenters. The first kappa shape index (κ1) is 22.6. The van der Waals surface area contributed by atoms with E-state index in [1.807, 2.05) is 39.2 Å². The minimum Gasteiger partial charge on any atom is -0.382 e. The van der Waals surface area contributed by atoms with E-state index in [1.165, 1.54) is 10.7 Å². The minimum atomic E-state index is -0.465. The van der Waals surface area contributed by atoms with Gasteiger partial charge in [-0.3, -0.25) is 4.98 Å². The largest absolute Gasteiger partial charge is 0.382 e. The summed E-state index contributed by atoms with van der Waals surface area (Å²) in [5.74, 6) is 0.123. The van der Waals surface area contributed by atoms with E-state index in [0.29, 0.717) is 33.8 Å². The number of aromatic nitrogens is 6. The van der Waals surface area contributed by atoms with E-state index in [2.05, 4.69) is 25.4 Å². The van der Waals surface area contributed by atoms with Gasteiger partial charge in [0.2, 0.25) is 0 Å². The SMILES string of the molecule is Cc1nc2c(CNc3cncc(F)c3-c3c(C)nc(C)n3C(C)(C)C)c(N)nn2c(C)c1F. The summed E-state index contributed by atoms with van der Waals surface area (Å²) in [5, 5.41) is 7.48. The lowest BCUT2D eigenvalue weighted by atomic mass is 10.0. The Kier molecular flexibility index (Phi) is 5.34. The Morgan fingerprint density at radius 2 is 1.73 bits per heavy atom. The molecule has 4 rings (SSSR count). The normalized spacial score (nSPS) is 12.0. The average Bonchev–Trinajstić information content (AvgIpc) is 3.19. The van der Waals surface area contributed by atoms with E-state index in [0.717, 1.165) is 11.5 Å². The Morgan fingerprint density at radius 1 is 1.03 bits per heavy atom. The first-order valence-electron chi connectivity index (χ1n) is 10.7. The number of pyridine rings is 1. The maximum absolute atomic E-state index is 15.2. The fourth-order valence-electron chi connectivity index (χ4n) is 4.31. The van der Waals surface area contributed by atoms with Crippen LogP contribution in [0.15, 0.2) is 12.4 Å². The first-order chi connectivity index (χ1) is 15.4. The number of nitrogens with one attached hydrogen (secondary N) is 1. The second kappa shape index (κ2) is 7.79. The van der Waals surface area contributed by atoms with Gasteiger partial charge in [0.1, 0.15) is 5.82 Å². The molecule has 0 aliphatic carbocycles. The Morgan fingerprint density at radius 3 is 2.39 bits per heavy atom. The molecule has 0 aromatic carbocycles. The van der Waals surface area contributed by atoms with Crippen molar-refractivity contribution >= 4 is 17.2 Å². The van der Waals surface area contributed by atoms with Crippen LogP contribution in [-0.2, 0) is 12.1 Å². The van der Waals surface area contributed by atoms with Crippen molar-refractivity contribution in [1.82, 2.24) is 29.1 Å². The number of imidazole rings is 1. The van der Waals surface area contributed by atoms with Gasteiger partial charge >= 0.3 is 0 Å². The second-order valence-electron chi connectivity index (χ2n) is 9.19. The van der Waals surface area contributed by atoms with Crippen LogP contribution in [-0.4, -0.2) is 29.1 Å². The maximum atomic E-state index is 15.2.